The van der Waals surface area contributed by atoms with E-state index in [1.807, 2.05) is 18.7 Å². The molecule has 2 heterocycles. The van der Waals surface area contributed by atoms with E-state index in [1.54, 1.807) is 0 Å². The van der Waals surface area contributed by atoms with Crippen LogP contribution in [0.1, 0.15) is 36.5 Å². The van der Waals surface area contributed by atoms with E-state index in [2.05, 4.69) is 15.6 Å². The quantitative estimate of drug-likeness (QED) is 0.877. The van der Waals surface area contributed by atoms with Gasteiger partial charge in [-0.15, -0.1) is 0 Å². The molecule has 0 bridgehead atoms. The molecule has 0 spiro atoms. The summed E-state index contributed by atoms with van der Waals surface area (Å²) in [6, 6.07) is 1.59. The molecular formula is C14H20FN3OS. The Hall–Kier alpha value is -1.30. The molecule has 1 fully saturated rings. The van der Waals surface area contributed by atoms with Crippen LogP contribution in [-0.4, -0.2) is 35.0 Å². The fourth-order valence-electron chi connectivity index (χ4n) is 2.09. The number of halogens is 1. The van der Waals surface area contributed by atoms with E-state index in [0.717, 1.165) is 30.8 Å². The first-order valence-corrected chi connectivity index (χ1v) is 8.14. The molecule has 110 valence electrons. The van der Waals surface area contributed by atoms with Crippen molar-refractivity contribution in [1.29, 1.82) is 0 Å². The summed E-state index contributed by atoms with van der Waals surface area (Å²) < 4.78 is 14.2. The summed E-state index contributed by atoms with van der Waals surface area (Å²) in [4.78, 5) is 16.1. The van der Waals surface area contributed by atoms with Gasteiger partial charge in [-0.1, -0.05) is 6.92 Å². The lowest BCUT2D eigenvalue weighted by molar-refractivity contribution is 0.0930. The van der Waals surface area contributed by atoms with E-state index in [-0.39, 0.29) is 23.3 Å². The van der Waals surface area contributed by atoms with Crippen LogP contribution in [-0.2, 0) is 0 Å². The molecule has 1 saturated heterocycles. The first kappa shape index (κ1) is 15.1. The highest BCUT2D eigenvalue weighted by molar-refractivity contribution is 7.99. The minimum Gasteiger partial charge on any atom is -0.368 e. The molecule has 0 unspecified atom stereocenters. The Labute approximate surface area is 122 Å². The summed E-state index contributed by atoms with van der Waals surface area (Å²) in [5.41, 5.74) is 0.0665. The SMILES string of the molecule is CCCNc1nccc(C(=O)NC2CCSCC2)c1F. The van der Waals surface area contributed by atoms with Crippen molar-refractivity contribution in [3.8, 4) is 0 Å². The fourth-order valence-corrected chi connectivity index (χ4v) is 3.20. The van der Waals surface area contributed by atoms with Gasteiger partial charge in [0.2, 0.25) is 0 Å². The second kappa shape index (κ2) is 7.47. The monoisotopic (exact) mass is 297 g/mol. The fraction of sp³-hybridized carbons (Fsp3) is 0.571. The number of rotatable bonds is 5. The molecule has 0 radical (unpaired) electrons. The van der Waals surface area contributed by atoms with Crippen molar-refractivity contribution in [2.75, 3.05) is 23.4 Å². The summed E-state index contributed by atoms with van der Waals surface area (Å²) in [6.07, 6.45) is 4.23. The van der Waals surface area contributed by atoms with Gasteiger partial charge in [-0.2, -0.15) is 11.8 Å². The molecule has 0 atom stereocenters. The maximum atomic E-state index is 14.2. The molecular weight excluding hydrogens is 277 g/mol. The van der Waals surface area contributed by atoms with Crippen LogP contribution in [0.2, 0.25) is 0 Å². The number of amides is 1. The van der Waals surface area contributed by atoms with Crippen LogP contribution in [0.25, 0.3) is 0 Å². The van der Waals surface area contributed by atoms with Crippen molar-refractivity contribution >= 4 is 23.5 Å². The van der Waals surface area contributed by atoms with Gasteiger partial charge < -0.3 is 10.6 Å². The lowest BCUT2D eigenvalue weighted by Crippen LogP contribution is -2.37. The van der Waals surface area contributed by atoms with E-state index in [4.69, 9.17) is 0 Å². The summed E-state index contributed by atoms with van der Waals surface area (Å²) >= 11 is 1.89. The number of pyridine rings is 1. The van der Waals surface area contributed by atoms with Gasteiger partial charge in [-0.05, 0) is 36.8 Å². The van der Waals surface area contributed by atoms with Crippen LogP contribution in [0.3, 0.4) is 0 Å². The number of hydrogen-bond donors (Lipinski definition) is 2. The Morgan fingerprint density at radius 3 is 2.95 bits per heavy atom. The summed E-state index contributed by atoms with van der Waals surface area (Å²) in [5.74, 6) is 1.34. The zero-order valence-corrected chi connectivity index (χ0v) is 12.4. The predicted octanol–water partition coefficient (Wildman–Crippen LogP) is 2.67. The maximum absolute atomic E-state index is 14.2. The second-order valence-corrected chi connectivity index (χ2v) is 6.03. The molecule has 1 aliphatic heterocycles. The molecule has 1 amide bonds. The minimum atomic E-state index is -0.566. The number of thioether (sulfide) groups is 1. The Kier molecular flexibility index (Phi) is 5.64. The van der Waals surface area contributed by atoms with Crippen LogP contribution in [0, 0.1) is 5.82 Å². The lowest BCUT2D eigenvalue weighted by Gasteiger charge is -2.22. The van der Waals surface area contributed by atoms with Gasteiger partial charge in [0, 0.05) is 18.8 Å². The Balaban J connectivity index is 2.04. The highest BCUT2D eigenvalue weighted by atomic mass is 32.2. The maximum Gasteiger partial charge on any atom is 0.254 e. The predicted molar refractivity (Wildman–Crippen MR) is 80.8 cm³/mol. The van der Waals surface area contributed by atoms with Crippen LogP contribution >= 0.6 is 11.8 Å². The number of anilines is 1. The highest BCUT2D eigenvalue weighted by Gasteiger charge is 2.20. The van der Waals surface area contributed by atoms with Gasteiger partial charge in [0.05, 0.1) is 5.56 Å². The molecule has 1 aliphatic rings. The molecule has 2 N–H and O–H groups in total. The Morgan fingerprint density at radius 1 is 1.50 bits per heavy atom. The zero-order chi connectivity index (χ0) is 14.4. The van der Waals surface area contributed by atoms with Crippen molar-refractivity contribution in [1.82, 2.24) is 10.3 Å². The van der Waals surface area contributed by atoms with Crippen LogP contribution < -0.4 is 10.6 Å². The number of hydrogen-bond acceptors (Lipinski definition) is 4. The van der Waals surface area contributed by atoms with Crippen molar-refractivity contribution < 1.29 is 9.18 Å². The van der Waals surface area contributed by atoms with Gasteiger partial charge in [0.25, 0.3) is 5.91 Å². The van der Waals surface area contributed by atoms with Gasteiger partial charge >= 0.3 is 0 Å². The average molecular weight is 297 g/mol. The van der Waals surface area contributed by atoms with Crippen LogP contribution in [0.4, 0.5) is 10.2 Å². The Bertz CT molecular complexity index is 464. The van der Waals surface area contributed by atoms with Gasteiger partial charge in [-0.3, -0.25) is 4.79 Å². The molecule has 1 aromatic heterocycles. The third-order valence-electron chi connectivity index (χ3n) is 3.23. The van der Waals surface area contributed by atoms with Crippen LogP contribution in [0.15, 0.2) is 12.3 Å². The number of nitrogens with one attached hydrogen (secondary N) is 2. The zero-order valence-electron chi connectivity index (χ0n) is 11.6. The third-order valence-corrected chi connectivity index (χ3v) is 4.28. The van der Waals surface area contributed by atoms with Crippen molar-refractivity contribution in [2.24, 2.45) is 0 Å². The highest BCUT2D eigenvalue weighted by Crippen LogP contribution is 2.19. The summed E-state index contributed by atoms with van der Waals surface area (Å²) in [6.45, 7) is 2.62. The molecule has 2 rings (SSSR count). The van der Waals surface area contributed by atoms with Crippen LogP contribution in [0.5, 0.6) is 0 Å². The molecule has 0 saturated carbocycles. The molecule has 1 aromatic rings. The van der Waals surface area contributed by atoms with Gasteiger partial charge in [0.1, 0.15) is 0 Å². The number of nitrogens with zero attached hydrogens (tertiary/aromatic N) is 1. The normalized spacial score (nSPS) is 15.9. The topological polar surface area (TPSA) is 54.0 Å². The minimum absolute atomic E-state index is 0.0665. The van der Waals surface area contributed by atoms with Crippen molar-refractivity contribution in [2.45, 2.75) is 32.2 Å². The average Bonchev–Trinajstić information content (AvgIpc) is 2.47. The molecule has 4 nitrogen and oxygen atoms in total. The first-order chi connectivity index (χ1) is 9.72. The van der Waals surface area contributed by atoms with Crippen molar-refractivity contribution in [3.05, 3.63) is 23.6 Å². The largest absolute Gasteiger partial charge is 0.368 e. The Morgan fingerprint density at radius 2 is 2.25 bits per heavy atom. The summed E-state index contributed by atoms with van der Waals surface area (Å²) in [5, 5.41) is 5.80. The second-order valence-electron chi connectivity index (χ2n) is 4.81. The van der Waals surface area contributed by atoms with Gasteiger partial charge in [-0.25, -0.2) is 9.37 Å². The van der Waals surface area contributed by atoms with Crippen molar-refractivity contribution in [3.63, 3.8) is 0 Å². The molecule has 20 heavy (non-hydrogen) atoms. The number of aromatic nitrogens is 1. The van der Waals surface area contributed by atoms with E-state index in [1.165, 1.54) is 12.3 Å². The molecule has 0 aliphatic carbocycles. The third kappa shape index (κ3) is 3.85. The molecule has 6 heteroatoms. The lowest BCUT2D eigenvalue weighted by atomic mass is 10.1. The van der Waals surface area contributed by atoms with Gasteiger partial charge in [0.15, 0.2) is 11.6 Å². The van der Waals surface area contributed by atoms with E-state index in [9.17, 15) is 9.18 Å². The molecule has 0 aromatic carbocycles. The smallest absolute Gasteiger partial charge is 0.254 e. The summed E-state index contributed by atoms with van der Waals surface area (Å²) in [7, 11) is 0. The van der Waals surface area contributed by atoms with E-state index in [0.29, 0.717) is 6.54 Å². The van der Waals surface area contributed by atoms with E-state index < -0.39 is 5.82 Å². The number of carbonyl (C=O) groups is 1. The number of carbonyl (C=O) groups excluding carboxylic acids is 1. The first-order valence-electron chi connectivity index (χ1n) is 6.99. The van der Waals surface area contributed by atoms with E-state index >= 15 is 0 Å². The standard InChI is InChI=1S/C14H20FN3OS/c1-2-6-16-13-12(15)11(3-7-17-13)14(19)18-10-4-8-20-9-5-10/h3,7,10H,2,4-6,8-9H2,1H3,(H,16,17)(H,18,19).